The molecule has 0 aliphatic heterocycles. The molecule has 0 nitrogen and oxygen atoms in total. The highest BCUT2D eigenvalue weighted by Gasteiger charge is 2.49. The topological polar surface area (TPSA) is 0 Å². The molecule has 4 aliphatic rings. The summed E-state index contributed by atoms with van der Waals surface area (Å²) in [6.45, 7) is 0. The minimum absolute atomic E-state index is 0.706. The zero-order chi connectivity index (χ0) is 8.18. The Morgan fingerprint density at radius 1 is 0.917 bits per heavy atom. The second-order valence-electron chi connectivity index (χ2n) is 5.58. The van der Waals surface area contributed by atoms with Crippen LogP contribution in [0.5, 0.6) is 0 Å². The molecule has 0 radical (unpaired) electrons. The molecule has 0 atom stereocenters. The lowest BCUT2D eigenvalue weighted by molar-refractivity contribution is -0.0379. The maximum absolute atomic E-state index is 4.57. The van der Waals surface area contributed by atoms with E-state index in [-0.39, 0.29) is 0 Å². The lowest BCUT2D eigenvalue weighted by atomic mass is 9.50. The quantitative estimate of drug-likeness (QED) is 0.592. The second kappa shape index (κ2) is 2.43. The smallest absolute Gasteiger partial charge is 0.00409 e. The number of thiol groups is 1. The van der Waals surface area contributed by atoms with Crippen molar-refractivity contribution >= 4 is 12.6 Å². The predicted octanol–water partition coefficient (Wildman–Crippen LogP) is 3.13. The molecule has 0 unspecified atom stereocenters. The Balaban J connectivity index is 1.90. The van der Waals surface area contributed by atoms with Crippen LogP contribution in [-0.2, 0) is 0 Å². The van der Waals surface area contributed by atoms with Gasteiger partial charge in [-0.05, 0) is 67.4 Å². The summed E-state index contributed by atoms with van der Waals surface area (Å²) in [4.78, 5) is 0. The van der Waals surface area contributed by atoms with Crippen molar-refractivity contribution in [3.8, 4) is 0 Å². The molecule has 1 heteroatoms. The average molecular weight is 182 g/mol. The van der Waals surface area contributed by atoms with Crippen LogP contribution in [0.4, 0.5) is 0 Å². The standard InChI is InChI=1S/C11H18S/c12-7-11-4-8-1-9(5-11)3-10(2-8)6-11/h8-10,12H,1-7H2. The van der Waals surface area contributed by atoms with Gasteiger partial charge in [-0.3, -0.25) is 0 Å². The van der Waals surface area contributed by atoms with Crippen LogP contribution < -0.4 is 0 Å². The van der Waals surface area contributed by atoms with Gasteiger partial charge in [0.05, 0.1) is 0 Å². The summed E-state index contributed by atoms with van der Waals surface area (Å²) in [5.74, 6) is 4.46. The molecule has 0 aromatic rings. The molecule has 4 rings (SSSR count). The van der Waals surface area contributed by atoms with Crippen molar-refractivity contribution < 1.29 is 0 Å². The lowest BCUT2D eigenvalue weighted by Gasteiger charge is -2.56. The van der Waals surface area contributed by atoms with Crippen LogP contribution in [0.25, 0.3) is 0 Å². The summed E-state index contributed by atoms with van der Waals surface area (Å²) < 4.78 is 0. The highest BCUT2D eigenvalue weighted by atomic mass is 32.1. The second-order valence-corrected chi connectivity index (χ2v) is 5.89. The number of hydrogen-bond acceptors (Lipinski definition) is 1. The fraction of sp³-hybridized carbons (Fsp3) is 1.00. The van der Waals surface area contributed by atoms with Crippen LogP contribution in [-0.4, -0.2) is 5.75 Å². The van der Waals surface area contributed by atoms with E-state index in [1.807, 2.05) is 0 Å². The van der Waals surface area contributed by atoms with Gasteiger partial charge >= 0.3 is 0 Å². The summed E-state index contributed by atoms with van der Waals surface area (Å²) in [6.07, 6.45) is 9.24. The highest BCUT2D eigenvalue weighted by molar-refractivity contribution is 7.80. The minimum Gasteiger partial charge on any atom is -0.179 e. The van der Waals surface area contributed by atoms with Crippen molar-refractivity contribution in [2.45, 2.75) is 38.5 Å². The van der Waals surface area contributed by atoms with Crippen LogP contribution in [0, 0.1) is 23.2 Å². The van der Waals surface area contributed by atoms with Crippen molar-refractivity contribution in [3.63, 3.8) is 0 Å². The molecule has 0 aromatic heterocycles. The van der Waals surface area contributed by atoms with Crippen molar-refractivity contribution in [1.29, 1.82) is 0 Å². The molecule has 68 valence electrons. The summed E-state index contributed by atoms with van der Waals surface area (Å²) in [5, 5.41) is 0. The third kappa shape index (κ3) is 0.982. The summed E-state index contributed by atoms with van der Waals surface area (Å²) >= 11 is 4.57. The van der Waals surface area contributed by atoms with E-state index in [1.54, 1.807) is 19.3 Å². The maximum atomic E-state index is 4.57. The van der Waals surface area contributed by atoms with Gasteiger partial charge in [0.2, 0.25) is 0 Å². The van der Waals surface area contributed by atoms with E-state index in [1.165, 1.54) is 19.3 Å². The highest BCUT2D eigenvalue weighted by Crippen LogP contribution is 2.60. The summed E-state index contributed by atoms with van der Waals surface area (Å²) in [5.41, 5.74) is 0.706. The first-order valence-corrected chi connectivity index (χ1v) is 6.04. The molecule has 0 aromatic carbocycles. The van der Waals surface area contributed by atoms with E-state index in [4.69, 9.17) is 0 Å². The molecule has 0 heterocycles. The van der Waals surface area contributed by atoms with Crippen LogP contribution in [0.15, 0.2) is 0 Å². The van der Waals surface area contributed by atoms with Gasteiger partial charge in [-0.15, -0.1) is 0 Å². The SMILES string of the molecule is SCC12CC3CC(CC(C3)C1)C2. The third-order valence-electron chi connectivity index (χ3n) is 4.50. The van der Waals surface area contributed by atoms with Gasteiger partial charge in [-0.2, -0.15) is 12.6 Å². The molecule has 0 spiro atoms. The summed E-state index contributed by atoms with van der Waals surface area (Å²) in [6, 6.07) is 0. The Kier molecular flexibility index (Phi) is 1.57. The Bertz CT molecular complexity index is 162. The minimum atomic E-state index is 0.706. The van der Waals surface area contributed by atoms with Gasteiger partial charge in [0, 0.05) is 0 Å². The predicted molar refractivity (Wildman–Crippen MR) is 54.5 cm³/mol. The fourth-order valence-corrected chi connectivity index (χ4v) is 4.87. The van der Waals surface area contributed by atoms with Crippen molar-refractivity contribution in [2.75, 3.05) is 5.75 Å². The zero-order valence-electron chi connectivity index (χ0n) is 7.63. The van der Waals surface area contributed by atoms with Gasteiger partial charge in [0.1, 0.15) is 0 Å². The van der Waals surface area contributed by atoms with Gasteiger partial charge in [0.25, 0.3) is 0 Å². The first-order chi connectivity index (χ1) is 5.80. The van der Waals surface area contributed by atoms with Crippen molar-refractivity contribution in [1.82, 2.24) is 0 Å². The Morgan fingerprint density at radius 2 is 1.33 bits per heavy atom. The molecule has 0 N–H and O–H groups in total. The Morgan fingerprint density at radius 3 is 1.67 bits per heavy atom. The molecular weight excluding hydrogens is 164 g/mol. The van der Waals surface area contributed by atoms with Crippen LogP contribution >= 0.6 is 12.6 Å². The van der Waals surface area contributed by atoms with Gasteiger partial charge < -0.3 is 0 Å². The molecule has 4 saturated carbocycles. The van der Waals surface area contributed by atoms with Crippen LogP contribution in [0.3, 0.4) is 0 Å². The zero-order valence-corrected chi connectivity index (χ0v) is 8.52. The van der Waals surface area contributed by atoms with Gasteiger partial charge in [-0.25, -0.2) is 0 Å². The Hall–Kier alpha value is 0.350. The van der Waals surface area contributed by atoms with Crippen molar-refractivity contribution in [2.24, 2.45) is 23.2 Å². The monoisotopic (exact) mass is 182 g/mol. The molecular formula is C11H18S. The van der Waals surface area contributed by atoms with E-state index < -0.39 is 0 Å². The van der Waals surface area contributed by atoms with Gasteiger partial charge in [0.15, 0.2) is 0 Å². The molecule has 4 aliphatic carbocycles. The first-order valence-electron chi connectivity index (χ1n) is 5.40. The normalized spacial score (nSPS) is 56.2. The molecule has 0 amide bonds. The first kappa shape index (κ1) is 7.73. The van der Waals surface area contributed by atoms with E-state index in [0.29, 0.717) is 5.41 Å². The number of hydrogen-bond donors (Lipinski definition) is 1. The largest absolute Gasteiger partial charge is 0.179 e. The maximum Gasteiger partial charge on any atom is -0.00409 e. The molecule has 4 bridgehead atoms. The Labute approximate surface area is 80.5 Å². The third-order valence-corrected chi connectivity index (χ3v) is 5.17. The van der Waals surface area contributed by atoms with Gasteiger partial charge in [-0.1, -0.05) is 0 Å². The van der Waals surface area contributed by atoms with Crippen LogP contribution in [0.1, 0.15) is 38.5 Å². The van der Waals surface area contributed by atoms with E-state index in [0.717, 1.165) is 23.5 Å². The fourth-order valence-electron chi connectivity index (χ4n) is 4.48. The average Bonchev–Trinajstić information content (AvgIpc) is 2.02. The summed E-state index contributed by atoms with van der Waals surface area (Å²) in [7, 11) is 0. The van der Waals surface area contributed by atoms with E-state index in [9.17, 15) is 0 Å². The number of rotatable bonds is 1. The molecule has 12 heavy (non-hydrogen) atoms. The van der Waals surface area contributed by atoms with Crippen LogP contribution in [0.2, 0.25) is 0 Å². The van der Waals surface area contributed by atoms with Crippen molar-refractivity contribution in [3.05, 3.63) is 0 Å². The van der Waals surface area contributed by atoms with E-state index in [2.05, 4.69) is 12.6 Å². The lowest BCUT2D eigenvalue weighted by Crippen LogP contribution is -2.46. The molecule has 4 fully saturated rings. The molecule has 0 saturated heterocycles. The van der Waals surface area contributed by atoms with E-state index >= 15 is 0 Å².